The van der Waals surface area contributed by atoms with Gasteiger partial charge in [0.2, 0.25) is 0 Å². The van der Waals surface area contributed by atoms with E-state index in [0.29, 0.717) is 17.9 Å². The van der Waals surface area contributed by atoms with Crippen LogP contribution in [0.15, 0.2) is 0 Å². The van der Waals surface area contributed by atoms with Gasteiger partial charge in [0.15, 0.2) is 0 Å². The first-order valence-corrected chi connectivity index (χ1v) is 5.82. The molecule has 2 aliphatic rings. The molecule has 76 valence electrons. The zero-order valence-corrected chi connectivity index (χ0v) is 9.61. The van der Waals surface area contributed by atoms with Gasteiger partial charge in [-0.2, -0.15) is 0 Å². The van der Waals surface area contributed by atoms with Crippen molar-refractivity contribution >= 4 is 23.2 Å². The Labute approximate surface area is 89.7 Å². The van der Waals surface area contributed by atoms with Crippen molar-refractivity contribution in [2.24, 2.45) is 11.8 Å². The van der Waals surface area contributed by atoms with Crippen molar-refractivity contribution < 1.29 is 4.74 Å². The molecule has 0 bridgehead atoms. The molecule has 0 aromatic carbocycles. The first-order valence-electron chi connectivity index (χ1n) is 5.06. The van der Waals surface area contributed by atoms with Crippen molar-refractivity contribution in [2.45, 2.75) is 49.7 Å². The van der Waals surface area contributed by atoms with Gasteiger partial charge >= 0.3 is 0 Å². The smallest absolute Gasteiger partial charge is 0.127 e. The summed E-state index contributed by atoms with van der Waals surface area (Å²) < 4.78 is 5.34. The Hall–Kier alpha value is 0.540. The molecule has 0 spiro atoms. The van der Waals surface area contributed by atoms with Gasteiger partial charge in [0.05, 0.1) is 12.2 Å². The Morgan fingerprint density at radius 3 is 2.62 bits per heavy atom. The van der Waals surface area contributed by atoms with Crippen LogP contribution < -0.4 is 0 Å². The van der Waals surface area contributed by atoms with Gasteiger partial charge in [-0.1, -0.05) is 6.42 Å². The summed E-state index contributed by atoms with van der Waals surface area (Å²) in [5, 5.41) is 0. The van der Waals surface area contributed by atoms with Crippen molar-refractivity contribution in [3.8, 4) is 0 Å². The fourth-order valence-electron chi connectivity index (χ4n) is 2.52. The highest BCUT2D eigenvalue weighted by atomic mass is 35.5. The number of fused-ring (bicyclic) bond motifs is 1. The Morgan fingerprint density at radius 2 is 2.00 bits per heavy atom. The summed E-state index contributed by atoms with van der Waals surface area (Å²) in [4.78, 5) is 0. The first-order chi connectivity index (χ1) is 6.03. The summed E-state index contributed by atoms with van der Waals surface area (Å²) in [6.45, 7) is 4.13. The van der Waals surface area contributed by atoms with Gasteiger partial charge < -0.3 is 4.74 Å². The Balaban J connectivity index is 1.98. The zero-order chi connectivity index (χ0) is 9.64. The van der Waals surface area contributed by atoms with E-state index in [9.17, 15) is 0 Å². The lowest BCUT2D eigenvalue weighted by Crippen LogP contribution is -2.24. The summed E-state index contributed by atoms with van der Waals surface area (Å²) in [6.07, 6.45) is 4.10. The third-order valence-electron chi connectivity index (χ3n) is 3.11. The molecule has 2 saturated carbocycles. The molecule has 0 aliphatic heterocycles. The minimum Gasteiger partial charge on any atom is -0.375 e. The lowest BCUT2D eigenvalue weighted by molar-refractivity contribution is -0.0211. The molecule has 0 saturated heterocycles. The summed E-state index contributed by atoms with van der Waals surface area (Å²) in [7, 11) is 0. The van der Waals surface area contributed by atoms with Crippen LogP contribution in [0.2, 0.25) is 0 Å². The van der Waals surface area contributed by atoms with E-state index in [1.807, 2.05) is 0 Å². The summed E-state index contributed by atoms with van der Waals surface area (Å²) in [5.74, 6) is 0.889. The average molecular weight is 223 g/mol. The second kappa shape index (κ2) is 3.29. The Bertz CT molecular complexity index is 203. The van der Waals surface area contributed by atoms with E-state index >= 15 is 0 Å². The van der Waals surface area contributed by atoms with E-state index in [0.717, 1.165) is 6.42 Å². The molecule has 0 unspecified atom stereocenters. The first kappa shape index (κ1) is 10.1. The predicted molar refractivity (Wildman–Crippen MR) is 55.3 cm³/mol. The zero-order valence-electron chi connectivity index (χ0n) is 8.09. The normalized spacial score (nSPS) is 41.8. The molecule has 2 fully saturated rings. The van der Waals surface area contributed by atoms with E-state index in [2.05, 4.69) is 13.8 Å². The maximum atomic E-state index is 6.18. The van der Waals surface area contributed by atoms with Crippen LogP contribution in [0.3, 0.4) is 0 Å². The summed E-state index contributed by atoms with van der Waals surface area (Å²) in [6, 6.07) is 0. The van der Waals surface area contributed by atoms with E-state index in [4.69, 9.17) is 27.9 Å². The minimum atomic E-state index is -0.476. The molecule has 3 atom stereocenters. The number of alkyl halides is 2. The highest BCUT2D eigenvalue weighted by molar-refractivity contribution is 6.51. The van der Waals surface area contributed by atoms with Crippen molar-refractivity contribution in [3.05, 3.63) is 0 Å². The SMILES string of the molecule is CC(C)O[C@@H]1CCC[C@H]2[C@@H]1C2(Cl)Cl. The van der Waals surface area contributed by atoms with Gasteiger partial charge in [-0.05, 0) is 26.7 Å². The second-order valence-corrected chi connectivity index (χ2v) is 5.91. The van der Waals surface area contributed by atoms with Crippen molar-refractivity contribution in [1.82, 2.24) is 0 Å². The van der Waals surface area contributed by atoms with Crippen LogP contribution in [0.5, 0.6) is 0 Å². The highest BCUT2D eigenvalue weighted by Crippen LogP contribution is 2.65. The molecule has 0 N–H and O–H groups in total. The fourth-order valence-corrected chi connectivity index (χ4v) is 3.47. The van der Waals surface area contributed by atoms with Crippen molar-refractivity contribution in [1.29, 1.82) is 0 Å². The number of rotatable bonds is 2. The number of ether oxygens (including phenoxy) is 1. The van der Waals surface area contributed by atoms with E-state index in [-0.39, 0.29) is 6.10 Å². The van der Waals surface area contributed by atoms with Crippen LogP contribution in [0.1, 0.15) is 33.1 Å². The summed E-state index contributed by atoms with van der Waals surface area (Å²) >= 11 is 12.4. The third kappa shape index (κ3) is 1.71. The molecule has 1 nitrogen and oxygen atoms in total. The van der Waals surface area contributed by atoms with Gasteiger partial charge in [0, 0.05) is 11.8 Å². The second-order valence-electron chi connectivity index (χ2n) is 4.46. The molecule has 2 aliphatic carbocycles. The van der Waals surface area contributed by atoms with Crippen LogP contribution in [-0.2, 0) is 4.74 Å². The lowest BCUT2D eigenvalue weighted by atomic mass is 9.98. The Morgan fingerprint density at radius 1 is 1.31 bits per heavy atom. The molecule has 0 aromatic heterocycles. The maximum absolute atomic E-state index is 6.18. The van der Waals surface area contributed by atoms with Crippen LogP contribution in [-0.4, -0.2) is 16.5 Å². The minimum absolute atomic E-state index is 0.286. The number of hydrogen-bond donors (Lipinski definition) is 0. The van der Waals surface area contributed by atoms with Crippen molar-refractivity contribution in [3.63, 3.8) is 0 Å². The van der Waals surface area contributed by atoms with Gasteiger partial charge in [-0.3, -0.25) is 0 Å². The van der Waals surface area contributed by atoms with Gasteiger partial charge in [-0.15, -0.1) is 23.2 Å². The molecule has 3 heteroatoms. The molecule has 0 heterocycles. The van der Waals surface area contributed by atoms with Gasteiger partial charge in [0.1, 0.15) is 4.33 Å². The standard InChI is InChI=1S/C10H16Cl2O/c1-6(2)13-8-5-3-4-7-9(8)10(7,11)12/h6-9H,3-5H2,1-2H3/t7-,8+,9-/m0/s1. The molecule has 13 heavy (non-hydrogen) atoms. The van der Waals surface area contributed by atoms with Crippen LogP contribution in [0.25, 0.3) is 0 Å². The molecular formula is C10H16Cl2O. The third-order valence-corrected chi connectivity index (χ3v) is 4.18. The molecule has 0 aromatic rings. The van der Waals surface area contributed by atoms with Crippen LogP contribution in [0, 0.1) is 11.8 Å². The molecule has 0 amide bonds. The van der Waals surface area contributed by atoms with E-state index in [1.54, 1.807) is 0 Å². The fraction of sp³-hybridized carbons (Fsp3) is 1.00. The molecule has 2 rings (SSSR count). The van der Waals surface area contributed by atoms with Crippen LogP contribution >= 0.6 is 23.2 Å². The largest absolute Gasteiger partial charge is 0.375 e. The molecule has 0 radical (unpaired) electrons. The van der Waals surface area contributed by atoms with Crippen molar-refractivity contribution in [2.75, 3.05) is 0 Å². The van der Waals surface area contributed by atoms with E-state index in [1.165, 1.54) is 12.8 Å². The Kier molecular flexibility index (Phi) is 2.55. The van der Waals surface area contributed by atoms with Crippen LogP contribution in [0.4, 0.5) is 0 Å². The number of hydrogen-bond acceptors (Lipinski definition) is 1. The topological polar surface area (TPSA) is 9.23 Å². The average Bonchev–Trinajstić information content (AvgIpc) is 2.55. The van der Waals surface area contributed by atoms with Gasteiger partial charge in [0.25, 0.3) is 0 Å². The van der Waals surface area contributed by atoms with E-state index < -0.39 is 4.33 Å². The predicted octanol–water partition coefficient (Wildman–Crippen LogP) is 3.38. The van der Waals surface area contributed by atoms with Gasteiger partial charge in [-0.25, -0.2) is 0 Å². The summed E-state index contributed by atoms with van der Waals surface area (Å²) in [5.41, 5.74) is 0. The number of halogens is 2. The maximum Gasteiger partial charge on any atom is 0.127 e. The molecular weight excluding hydrogens is 207 g/mol. The lowest BCUT2D eigenvalue weighted by Gasteiger charge is -2.23. The highest BCUT2D eigenvalue weighted by Gasteiger charge is 2.67. The monoisotopic (exact) mass is 222 g/mol. The quantitative estimate of drug-likeness (QED) is 0.652.